The van der Waals surface area contributed by atoms with Gasteiger partial charge in [-0.1, -0.05) is 0 Å². The number of hydrogen-bond donors (Lipinski definition) is 3. The summed E-state index contributed by atoms with van der Waals surface area (Å²) in [5, 5.41) is 20.6. The Labute approximate surface area is 116 Å². The van der Waals surface area contributed by atoms with E-state index in [2.05, 4.69) is 5.32 Å². The Morgan fingerprint density at radius 1 is 1.30 bits per heavy atom. The van der Waals surface area contributed by atoms with Crippen molar-refractivity contribution in [3.05, 3.63) is 23.8 Å². The first kappa shape index (κ1) is 15.8. The molecule has 0 saturated carbocycles. The maximum Gasteiger partial charge on any atom is 0.411 e. The molecule has 0 atom stereocenters. The summed E-state index contributed by atoms with van der Waals surface area (Å²) >= 11 is 0. The number of amides is 1. The quantitative estimate of drug-likeness (QED) is 0.661. The molecule has 1 aromatic carbocycles. The molecule has 0 radical (unpaired) electrons. The molecule has 0 fully saturated rings. The number of ether oxygens (including phenoxy) is 2. The van der Waals surface area contributed by atoms with Crippen LogP contribution < -0.4 is 5.32 Å². The van der Waals surface area contributed by atoms with Gasteiger partial charge in [0, 0.05) is 31.4 Å². The van der Waals surface area contributed by atoms with Gasteiger partial charge in [0.25, 0.3) is 0 Å². The monoisotopic (exact) mass is 283 g/mol. The van der Waals surface area contributed by atoms with Crippen molar-refractivity contribution in [3.8, 4) is 5.75 Å². The van der Waals surface area contributed by atoms with Crippen molar-refractivity contribution in [2.24, 2.45) is 0 Å². The summed E-state index contributed by atoms with van der Waals surface area (Å²) in [7, 11) is 0. The van der Waals surface area contributed by atoms with Gasteiger partial charge in [-0.2, -0.15) is 0 Å². The van der Waals surface area contributed by atoms with Crippen molar-refractivity contribution in [1.29, 1.82) is 0 Å². The number of aromatic hydroxyl groups is 1. The molecule has 0 aliphatic rings. The SMILES string of the molecule is CCOCCCOC(=O)Nc1ccc(C(=O)O)c(O)c1. The van der Waals surface area contributed by atoms with Gasteiger partial charge >= 0.3 is 12.1 Å². The average molecular weight is 283 g/mol. The minimum absolute atomic E-state index is 0.213. The largest absolute Gasteiger partial charge is 0.507 e. The standard InChI is InChI=1S/C13H17NO6/c1-2-19-6-3-7-20-13(18)14-9-4-5-10(12(16)17)11(15)8-9/h4-5,8,15H,2-3,6-7H2,1H3,(H,14,18)(H,16,17). The number of carboxylic acid groups (broad SMARTS) is 1. The highest BCUT2D eigenvalue weighted by Crippen LogP contribution is 2.21. The fraction of sp³-hybridized carbons (Fsp3) is 0.385. The number of aromatic carboxylic acids is 1. The van der Waals surface area contributed by atoms with Gasteiger partial charge in [0.2, 0.25) is 0 Å². The fourth-order valence-corrected chi connectivity index (χ4v) is 1.41. The molecule has 0 bridgehead atoms. The third-order valence-electron chi connectivity index (χ3n) is 2.34. The Morgan fingerprint density at radius 3 is 2.65 bits per heavy atom. The van der Waals surface area contributed by atoms with Crippen LogP contribution in [0, 0.1) is 0 Å². The lowest BCUT2D eigenvalue weighted by atomic mass is 10.2. The highest BCUT2D eigenvalue weighted by atomic mass is 16.5. The van der Waals surface area contributed by atoms with Crippen molar-refractivity contribution < 1.29 is 29.3 Å². The van der Waals surface area contributed by atoms with Crippen molar-refractivity contribution in [2.75, 3.05) is 25.1 Å². The number of benzene rings is 1. The maximum atomic E-state index is 11.4. The third kappa shape index (κ3) is 5.15. The third-order valence-corrected chi connectivity index (χ3v) is 2.34. The summed E-state index contributed by atoms with van der Waals surface area (Å²) in [6.45, 7) is 3.21. The number of nitrogens with one attached hydrogen (secondary N) is 1. The minimum Gasteiger partial charge on any atom is -0.507 e. The molecule has 20 heavy (non-hydrogen) atoms. The van der Waals surface area contributed by atoms with E-state index in [0.29, 0.717) is 19.6 Å². The molecule has 0 spiro atoms. The fourth-order valence-electron chi connectivity index (χ4n) is 1.41. The molecule has 1 aromatic rings. The van der Waals surface area contributed by atoms with Crippen LogP contribution in [0.4, 0.5) is 10.5 Å². The van der Waals surface area contributed by atoms with Crippen molar-refractivity contribution in [2.45, 2.75) is 13.3 Å². The van der Waals surface area contributed by atoms with Crippen LogP contribution in [0.25, 0.3) is 0 Å². The molecule has 110 valence electrons. The summed E-state index contributed by atoms with van der Waals surface area (Å²) in [5.41, 5.74) is 0.0166. The highest BCUT2D eigenvalue weighted by molar-refractivity contribution is 5.92. The second-order valence-electron chi connectivity index (χ2n) is 3.85. The van der Waals surface area contributed by atoms with Gasteiger partial charge in [-0.05, 0) is 19.1 Å². The zero-order chi connectivity index (χ0) is 15.0. The number of rotatable bonds is 7. The molecule has 0 saturated heterocycles. The Hall–Kier alpha value is -2.28. The van der Waals surface area contributed by atoms with E-state index in [9.17, 15) is 14.7 Å². The minimum atomic E-state index is -1.24. The molecule has 1 amide bonds. The van der Waals surface area contributed by atoms with Crippen LogP contribution >= 0.6 is 0 Å². The predicted octanol–water partition coefficient (Wildman–Crippen LogP) is 2.07. The van der Waals surface area contributed by atoms with E-state index < -0.39 is 17.8 Å². The molecule has 7 heteroatoms. The number of phenols is 1. The van der Waals surface area contributed by atoms with Crippen LogP contribution in [0.15, 0.2) is 18.2 Å². The van der Waals surface area contributed by atoms with Crippen LogP contribution in [0.5, 0.6) is 5.75 Å². The van der Waals surface area contributed by atoms with Gasteiger partial charge in [0.1, 0.15) is 11.3 Å². The number of carboxylic acids is 1. The van der Waals surface area contributed by atoms with Gasteiger partial charge in [0.05, 0.1) is 6.61 Å². The summed E-state index contributed by atoms with van der Waals surface area (Å²) in [4.78, 5) is 22.1. The van der Waals surface area contributed by atoms with Crippen LogP contribution in [-0.4, -0.2) is 42.1 Å². The van der Waals surface area contributed by atoms with Crippen molar-refractivity contribution in [1.82, 2.24) is 0 Å². The van der Waals surface area contributed by atoms with Crippen molar-refractivity contribution >= 4 is 17.7 Å². The van der Waals surface area contributed by atoms with Gasteiger partial charge < -0.3 is 19.7 Å². The van der Waals surface area contributed by atoms with E-state index in [1.54, 1.807) is 0 Å². The second kappa shape index (κ2) is 8.00. The lowest BCUT2D eigenvalue weighted by Crippen LogP contribution is -2.15. The summed E-state index contributed by atoms with van der Waals surface area (Å²) in [6, 6.07) is 3.71. The summed E-state index contributed by atoms with van der Waals surface area (Å²) in [6.07, 6.45) is -0.0891. The molecule has 1 rings (SSSR count). The molecule has 3 N–H and O–H groups in total. The number of anilines is 1. The maximum absolute atomic E-state index is 11.4. The summed E-state index contributed by atoms with van der Waals surface area (Å²) < 4.78 is 9.97. The first-order valence-corrected chi connectivity index (χ1v) is 6.12. The van der Waals surface area contributed by atoms with E-state index >= 15 is 0 Å². The molecule has 0 aromatic heterocycles. The van der Waals surface area contributed by atoms with E-state index in [0.717, 1.165) is 6.07 Å². The lowest BCUT2D eigenvalue weighted by molar-refractivity contribution is 0.0693. The zero-order valence-corrected chi connectivity index (χ0v) is 11.1. The van der Waals surface area contributed by atoms with E-state index in [1.807, 2.05) is 6.92 Å². The predicted molar refractivity (Wildman–Crippen MR) is 71.1 cm³/mol. The second-order valence-corrected chi connectivity index (χ2v) is 3.85. The summed E-state index contributed by atoms with van der Waals surface area (Å²) in [5.74, 6) is -1.67. The van der Waals surface area contributed by atoms with E-state index in [-0.39, 0.29) is 17.9 Å². The normalized spacial score (nSPS) is 10.1. The van der Waals surface area contributed by atoms with Gasteiger partial charge in [0.15, 0.2) is 0 Å². The van der Waals surface area contributed by atoms with Gasteiger partial charge in [-0.15, -0.1) is 0 Å². The highest BCUT2D eigenvalue weighted by Gasteiger charge is 2.11. The average Bonchev–Trinajstić information content (AvgIpc) is 2.38. The zero-order valence-electron chi connectivity index (χ0n) is 11.1. The number of hydrogen-bond acceptors (Lipinski definition) is 5. The Morgan fingerprint density at radius 2 is 2.05 bits per heavy atom. The van der Waals surface area contributed by atoms with Crippen molar-refractivity contribution in [3.63, 3.8) is 0 Å². The molecule has 0 heterocycles. The molecule has 0 unspecified atom stereocenters. The van der Waals surface area contributed by atoms with Crippen LogP contribution in [0.2, 0.25) is 0 Å². The molecular formula is C13H17NO6. The number of carbonyl (C=O) groups is 2. The molecule has 0 aliphatic heterocycles. The molecular weight excluding hydrogens is 266 g/mol. The van der Waals surface area contributed by atoms with E-state index in [4.69, 9.17) is 14.6 Å². The first-order chi connectivity index (χ1) is 9.54. The van der Waals surface area contributed by atoms with Crippen LogP contribution in [0.3, 0.4) is 0 Å². The van der Waals surface area contributed by atoms with Crippen LogP contribution in [0.1, 0.15) is 23.7 Å². The van der Waals surface area contributed by atoms with E-state index in [1.165, 1.54) is 12.1 Å². The number of carbonyl (C=O) groups excluding carboxylic acids is 1. The van der Waals surface area contributed by atoms with Gasteiger partial charge in [-0.25, -0.2) is 9.59 Å². The van der Waals surface area contributed by atoms with Gasteiger partial charge in [-0.3, -0.25) is 5.32 Å². The Kier molecular flexibility index (Phi) is 6.31. The smallest absolute Gasteiger partial charge is 0.411 e. The Bertz CT molecular complexity index is 474. The lowest BCUT2D eigenvalue weighted by Gasteiger charge is -2.08. The Balaban J connectivity index is 2.42. The molecule has 7 nitrogen and oxygen atoms in total. The topological polar surface area (TPSA) is 105 Å². The first-order valence-electron chi connectivity index (χ1n) is 6.12. The van der Waals surface area contributed by atoms with Crippen LogP contribution in [-0.2, 0) is 9.47 Å². The molecule has 0 aliphatic carbocycles.